The second-order valence-corrected chi connectivity index (χ2v) is 3.61. The Morgan fingerprint density at radius 2 is 2.18 bits per heavy atom. The second-order valence-electron chi connectivity index (χ2n) is 3.61. The van der Waals surface area contributed by atoms with Gasteiger partial charge in [-0.05, 0) is 13.0 Å². The third kappa shape index (κ3) is 1.97. The van der Waals surface area contributed by atoms with E-state index in [0.717, 1.165) is 21.9 Å². The van der Waals surface area contributed by atoms with Crippen LogP contribution >= 0.6 is 0 Å². The maximum Gasteiger partial charge on any atom is 0.121 e. The zero-order chi connectivity index (χ0) is 12.3. The number of hydrogen-bond donors (Lipinski definition) is 1. The molecule has 0 spiro atoms. The Morgan fingerprint density at radius 1 is 1.35 bits per heavy atom. The molecule has 17 heavy (non-hydrogen) atoms. The molecule has 1 aromatic heterocycles. The second kappa shape index (κ2) is 4.65. The third-order valence-corrected chi connectivity index (χ3v) is 2.55. The molecule has 0 aliphatic rings. The van der Waals surface area contributed by atoms with E-state index in [-0.39, 0.29) is 0 Å². The summed E-state index contributed by atoms with van der Waals surface area (Å²) in [6.07, 6.45) is 3.39. The van der Waals surface area contributed by atoms with Gasteiger partial charge in [-0.2, -0.15) is 5.26 Å². The third-order valence-electron chi connectivity index (χ3n) is 2.55. The molecule has 1 aromatic carbocycles. The van der Waals surface area contributed by atoms with Crippen molar-refractivity contribution >= 4 is 10.8 Å². The van der Waals surface area contributed by atoms with E-state index in [0.29, 0.717) is 0 Å². The van der Waals surface area contributed by atoms with Crippen molar-refractivity contribution in [1.82, 2.24) is 4.98 Å². The molecule has 0 aliphatic carbocycles. The molecule has 0 bridgehead atoms. The molecule has 0 fully saturated rings. The van der Waals surface area contributed by atoms with E-state index >= 15 is 0 Å². The highest BCUT2D eigenvalue weighted by Gasteiger charge is 2.11. The molecule has 82 valence electrons. The summed E-state index contributed by atoms with van der Waals surface area (Å²) in [6, 6.07) is 7.14. The molecule has 0 saturated heterocycles. The smallest absolute Gasteiger partial charge is 0.121 e. The molecule has 1 atom stereocenters. The summed E-state index contributed by atoms with van der Waals surface area (Å²) in [5.74, 6) is 5.89. The van der Waals surface area contributed by atoms with Crippen molar-refractivity contribution in [1.29, 1.82) is 5.26 Å². The molecule has 0 amide bonds. The van der Waals surface area contributed by atoms with Gasteiger partial charge in [-0.3, -0.25) is 4.98 Å². The first-order valence-corrected chi connectivity index (χ1v) is 5.22. The highest BCUT2D eigenvalue weighted by atomic mass is 14.7. The first-order valence-electron chi connectivity index (χ1n) is 5.22. The van der Waals surface area contributed by atoms with Gasteiger partial charge in [0.05, 0.1) is 6.07 Å². The van der Waals surface area contributed by atoms with Crippen LogP contribution in [-0.4, -0.2) is 4.98 Å². The van der Waals surface area contributed by atoms with Crippen LogP contribution in [-0.2, 0) is 0 Å². The van der Waals surface area contributed by atoms with Gasteiger partial charge in [-0.1, -0.05) is 18.1 Å². The highest BCUT2D eigenvalue weighted by Crippen LogP contribution is 2.25. The lowest BCUT2D eigenvalue weighted by molar-refractivity contribution is 0.927. The van der Waals surface area contributed by atoms with Crippen LogP contribution in [0.15, 0.2) is 30.6 Å². The van der Waals surface area contributed by atoms with E-state index in [1.807, 2.05) is 24.3 Å². The van der Waals surface area contributed by atoms with E-state index in [2.05, 4.69) is 16.8 Å². The molecule has 2 aromatic rings. The largest absolute Gasteiger partial charge is 0.312 e. The van der Waals surface area contributed by atoms with Gasteiger partial charge in [0, 0.05) is 34.3 Å². The lowest BCUT2D eigenvalue weighted by Gasteiger charge is -2.09. The number of hydrogen-bond acceptors (Lipinski definition) is 3. The zero-order valence-corrected chi connectivity index (χ0v) is 9.44. The fraction of sp³-hybridized carbons (Fsp3) is 0.143. The first kappa shape index (κ1) is 11.1. The predicted octanol–water partition coefficient (Wildman–Crippen LogP) is 2.13. The molecule has 2 rings (SSSR count). The van der Waals surface area contributed by atoms with Crippen molar-refractivity contribution in [3.8, 4) is 17.9 Å². The minimum Gasteiger partial charge on any atom is -0.312 e. The molecule has 0 saturated carbocycles. The molecule has 0 radical (unpaired) electrons. The number of pyridine rings is 1. The molecular formula is C14H11N3. The molecular weight excluding hydrogens is 210 g/mol. The minimum absolute atomic E-state index is 0.675. The van der Waals surface area contributed by atoms with Crippen LogP contribution < -0.4 is 5.73 Å². The van der Waals surface area contributed by atoms with Crippen LogP contribution in [0.25, 0.3) is 10.8 Å². The van der Waals surface area contributed by atoms with Crippen LogP contribution in [0.1, 0.15) is 24.1 Å². The van der Waals surface area contributed by atoms with E-state index < -0.39 is 6.04 Å². The lowest BCUT2D eigenvalue weighted by atomic mass is 9.98. The number of nitrogens with two attached hydrogens (primary N) is 1. The summed E-state index contributed by atoms with van der Waals surface area (Å²) < 4.78 is 0. The monoisotopic (exact) mass is 221 g/mol. The van der Waals surface area contributed by atoms with Crippen LogP contribution in [0.3, 0.4) is 0 Å². The topological polar surface area (TPSA) is 62.7 Å². The van der Waals surface area contributed by atoms with Gasteiger partial charge in [0.15, 0.2) is 0 Å². The van der Waals surface area contributed by atoms with Gasteiger partial charge >= 0.3 is 0 Å². The minimum atomic E-state index is -0.675. The predicted molar refractivity (Wildman–Crippen MR) is 66.8 cm³/mol. The Hall–Kier alpha value is -2.36. The number of nitrogens with zero attached hydrogens (tertiary/aromatic N) is 2. The van der Waals surface area contributed by atoms with Gasteiger partial charge < -0.3 is 5.73 Å². The van der Waals surface area contributed by atoms with Crippen molar-refractivity contribution in [2.24, 2.45) is 5.73 Å². The van der Waals surface area contributed by atoms with Gasteiger partial charge in [-0.15, -0.1) is 5.92 Å². The summed E-state index contributed by atoms with van der Waals surface area (Å²) in [5.41, 5.74) is 7.38. The summed E-state index contributed by atoms with van der Waals surface area (Å²) >= 11 is 0. The fourth-order valence-electron chi connectivity index (χ4n) is 1.81. The van der Waals surface area contributed by atoms with Crippen LogP contribution in [0.5, 0.6) is 0 Å². The highest BCUT2D eigenvalue weighted by molar-refractivity contribution is 5.91. The van der Waals surface area contributed by atoms with Gasteiger partial charge in [0.1, 0.15) is 6.04 Å². The molecule has 3 heteroatoms. The number of benzene rings is 1. The first-order chi connectivity index (χ1) is 8.27. The Balaban J connectivity index is 2.84. The molecule has 3 nitrogen and oxygen atoms in total. The average Bonchev–Trinajstić information content (AvgIpc) is 2.38. The SMILES string of the molecule is CC#Cc1cccc2cncc(C(N)C#N)c12. The van der Waals surface area contributed by atoms with E-state index in [1.165, 1.54) is 0 Å². The average molecular weight is 221 g/mol. The number of fused-ring (bicyclic) bond motifs is 1. The van der Waals surface area contributed by atoms with Crippen molar-refractivity contribution in [2.45, 2.75) is 13.0 Å². The van der Waals surface area contributed by atoms with E-state index in [1.54, 1.807) is 19.3 Å². The van der Waals surface area contributed by atoms with Crippen molar-refractivity contribution in [3.05, 3.63) is 41.7 Å². The fourth-order valence-corrected chi connectivity index (χ4v) is 1.81. The van der Waals surface area contributed by atoms with E-state index in [9.17, 15) is 0 Å². The maximum atomic E-state index is 8.93. The summed E-state index contributed by atoms with van der Waals surface area (Å²) in [5, 5.41) is 10.8. The maximum absolute atomic E-state index is 8.93. The number of rotatable bonds is 1. The van der Waals surface area contributed by atoms with Crippen molar-refractivity contribution in [3.63, 3.8) is 0 Å². The van der Waals surface area contributed by atoms with Crippen LogP contribution in [0.4, 0.5) is 0 Å². The molecule has 1 unspecified atom stereocenters. The molecule has 0 aliphatic heterocycles. The Bertz CT molecular complexity index is 651. The molecule has 2 N–H and O–H groups in total. The lowest BCUT2D eigenvalue weighted by Crippen LogP contribution is -2.08. The van der Waals surface area contributed by atoms with Crippen LogP contribution in [0, 0.1) is 23.2 Å². The van der Waals surface area contributed by atoms with Crippen molar-refractivity contribution < 1.29 is 0 Å². The summed E-state index contributed by atoms with van der Waals surface area (Å²) in [6.45, 7) is 1.78. The van der Waals surface area contributed by atoms with Gasteiger partial charge in [0.2, 0.25) is 0 Å². The zero-order valence-electron chi connectivity index (χ0n) is 9.44. The quantitative estimate of drug-likeness (QED) is 0.750. The van der Waals surface area contributed by atoms with Gasteiger partial charge in [-0.25, -0.2) is 0 Å². The summed E-state index contributed by atoms with van der Waals surface area (Å²) in [7, 11) is 0. The van der Waals surface area contributed by atoms with Crippen molar-refractivity contribution in [2.75, 3.05) is 0 Å². The normalized spacial score (nSPS) is 11.4. The molecule has 1 heterocycles. The Morgan fingerprint density at radius 3 is 2.88 bits per heavy atom. The number of nitriles is 1. The van der Waals surface area contributed by atoms with E-state index in [4.69, 9.17) is 11.0 Å². The Labute approximate surface area is 99.9 Å². The van der Waals surface area contributed by atoms with Gasteiger partial charge in [0.25, 0.3) is 0 Å². The number of aromatic nitrogens is 1. The Kier molecular flexibility index (Phi) is 3.05. The summed E-state index contributed by atoms with van der Waals surface area (Å²) in [4.78, 5) is 4.10. The van der Waals surface area contributed by atoms with Crippen LogP contribution in [0.2, 0.25) is 0 Å². The standard InChI is InChI=1S/C14H11N3/c1-2-4-10-5-3-6-11-8-17-9-12(14(10)11)13(16)7-15/h3,5-6,8-9,13H,16H2,1H3.